The summed E-state index contributed by atoms with van der Waals surface area (Å²) in [5.41, 5.74) is 1.42. The Morgan fingerprint density at radius 3 is 2.45 bits per heavy atom. The molecule has 20 heavy (non-hydrogen) atoms. The zero-order valence-corrected chi connectivity index (χ0v) is 12.8. The molecule has 0 radical (unpaired) electrons. The van der Waals surface area contributed by atoms with Gasteiger partial charge in [-0.15, -0.1) is 0 Å². The van der Waals surface area contributed by atoms with Crippen LogP contribution in [0.25, 0.3) is 0 Å². The van der Waals surface area contributed by atoms with Crippen LogP contribution in [-0.2, 0) is 0 Å². The predicted molar refractivity (Wildman–Crippen MR) is 83.0 cm³/mol. The summed E-state index contributed by atoms with van der Waals surface area (Å²) in [4.78, 5) is 0. The summed E-state index contributed by atoms with van der Waals surface area (Å²) in [6.07, 6.45) is 7.06. The van der Waals surface area contributed by atoms with Gasteiger partial charge in [0.1, 0.15) is 5.75 Å². The molecule has 0 heterocycles. The molecule has 2 nitrogen and oxygen atoms in total. The third-order valence-corrected chi connectivity index (χ3v) is 4.85. The Morgan fingerprint density at radius 2 is 1.90 bits per heavy atom. The van der Waals surface area contributed by atoms with Gasteiger partial charge in [0.25, 0.3) is 0 Å². The lowest BCUT2D eigenvalue weighted by Crippen LogP contribution is -2.29. The number of hydrogen-bond acceptors (Lipinski definition) is 2. The first-order valence-corrected chi connectivity index (χ1v) is 8.28. The van der Waals surface area contributed by atoms with E-state index < -0.39 is 0 Å². The Bertz CT molecular complexity index is 424. The average Bonchev–Trinajstić information content (AvgIpc) is 3.17. The molecule has 1 aromatic rings. The van der Waals surface area contributed by atoms with Crippen molar-refractivity contribution in [3.05, 3.63) is 29.8 Å². The normalized spacial score (nSPS) is 27.5. The van der Waals surface area contributed by atoms with E-state index >= 15 is 0 Å². The van der Waals surface area contributed by atoms with E-state index in [2.05, 4.69) is 43.4 Å². The van der Waals surface area contributed by atoms with Crippen LogP contribution in [0.4, 0.5) is 0 Å². The second-order valence-corrected chi connectivity index (χ2v) is 6.49. The smallest absolute Gasteiger partial charge is 0.119 e. The van der Waals surface area contributed by atoms with Gasteiger partial charge >= 0.3 is 0 Å². The summed E-state index contributed by atoms with van der Waals surface area (Å²) < 4.78 is 5.85. The Kier molecular flexibility index (Phi) is 4.30. The van der Waals surface area contributed by atoms with Crippen molar-refractivity contribution in [1.82, 2.24) is 5.32 Å². The van der Waals surface area contributed by atoms with Crippen molar-refractivity contribution in [2.45, 2.75) is 58.1 Å². The number of benzene rings is 1. The van der Waals surface area contributed by atoms with E-state index in [4.69, 9.17) is 4.74 Å². The molecular weight excluding hydrogens is 246 g/mol. The van der Waals surface area contributed by atoms with E-state index in [0.29, 0.717) is 12.1 Å². The molecule has 0 aliphatic heterocycles. The fraction of sp³-hybridized carbons (Fsp3) is 0.667. The third-order valence-electron chi connectivity index (χ3n) is 4.85. The maximum Gasteiger partial charge on any atom is 0.119 e. The first-order valence-electron chi connectivity index (χ1n) is 8.28. The van der Waals surface area contributed by atoms with Crippen LogP contribution in [0.5, 0.6) is 5.75 Å². The van der Waals surface area contributed by atoms with Crippen molar-refractivity contribution in [3.63, 3.8) is 0 Å². The topological polar surface area (TPSA) is 21.3 Å². The van der Waals surface area contributed by atoms with Gasteiger partial charge in [0.15, 0.2) is 0 Å². The van der Waals surface area contributed by atoms with Gasteiger partial charge in [-0.05, 0) is 55.3 Å². The molecule has 0 bridgehead atoms. The highest BCUT2D eigenvalue weighted by molar-refractivity contribution is 5.30. The minimum Gasteiger partial charge on any atom is -0.490 e. The summed E-state index contributed by atoms with van der Waals surface area (Å²) in [6.45, 7) is 5.65. The van der Waals surface area contributed by atoms with E-state index in [0.717, 1.165) is 24.1 Å². The molecule has 0 spiro atoms. The van der Waals surface area contributed by atoms with Crippen molar-refractivity contribution >= 4 is 0 Å². The highest BCUT2D eigenvalue weighted by atomic mass is 16.5. The van der Waals surface area contributed by atoms with Crippen molar-refractivity contribution in [3.8, 4) is 5.75 Å². The van der Waals surface area contributed by atoms with Crippen molar-refractivity contribution in [2.75, 3.05) is 6.54 Å². The third kappa shape index (κ3) is 3.17. The zero-order valence-electron chi connectivity index (χ0n) is 12.8. The van der Waals surface area contributed by atoms with Gasteiger partial charge in [-0.2, -0.15) is 0 Å². The highest BCUT2D eigenvalue weighted by Crippen LogP contribution is 2.40. The Morgan fingerprint density at radius 1 is 1.15 bits per heavy atom. The molecule has 2 fully saturated rings. The highest BCUT2D eigenvalue weighted by Gasteiger charge is 2.31. The fourth-order valence-corrected chi connectivity index (χ4v) is 3.54. The summed E-state index contributed by atoms with van der Waals surface area (Å²) in [5, 5.41) is 3.70. The van der Waals surface area contributed by atoms with Gasteiger partial charge in [0.2, 0.25) is 0 Å². The molecular formula is C18H27NO. The molecule has 2 aliphatic rings. The van der Waals surface area contributed by atoms with Crippen LogP contribution in [0.3, 0.4) is 0 Å². The van der Waals surface area contributed by atoms with Crippen molar-refractivity contribution in [2.24, 2.45) is 11.8 Å². The van der Waals surface area contributed by atoms with E-state index in [1.165, 1.54) is 37.7 Å². The predicted octanol–water partition coefficient (Wildman–Crippen LogP) is 4.31. The molecule has 1 N–H and O–H groups in total. The van der Waals surface area contributed by atoms with Gasteiger partial charge in [0.05, 0.1) is 6.10 Å². The Balaban J connectivity index is 1.72. The van der Waals surface area contributed by atoms with Crippen LogP contribution < -0.4 is 10.1 Å². The van der Waals surface area contributed by atoms with Crippen LogP contribution in [0.15, 0.2) is 24.3 Å². The maximum atomic E-state index is 5.85. The summed E-state index contributed by atoms with van der Waals surface area (Å²) in [6, 6.07) is 9.33. The van der Waals surface area contributed by atoms with Gasteiger partial charge in [0, 0.05) is 6.04 Å². The lowest BCUT2D eigenvalue weighted by atomic mass is 9.86. The minimum atomic E-state index is 0.486. The monoisotopic (exact) mass is 273 g/mol. The molecule has 2 aliphatic carbocycles. The fourth-order valence-electron chi connectivity index (χ4n) is 3.54. The van der Waals surface area contributed by atoms with Gasteiger partial charge in [-0.3, -0.25) is 0 Å². The van der Waals surface area contributed by atoms with E-state index in [1.807, 2.05) is 0 Å². The molecule has 0 saturated heterocycles. The van der Waals surface area contributed by atoms with Gasteiger partial charge in [-0.1, -0.05) is 38.8 Å². The second-order valence-electron chi connectivity index (χ2n) is 6.49. The van der Waals surface area contributed by atoms with Crippen molar-refractivity contribution in [1.29, 1.82) is 0 Å². The molecule has 0 amide bonds. The average molecular weight is 273 g/mol. The lowest BCUT2D eigenvalue weighted by molar-refractivity contribution is 0.299. The van der Waals surface area contributed by atoms with E-state index in [9.17, 15) is 0 Å². The Labute approximate surface area is 122 Å². The molecule has 1 aromatic carbocycles. The standard InChI is InChI=1S/C18H27NO/c1-3-19-18(17-6-4-5-13(17)2)14-7-9-15(10-8-14)20-16-11-12-16/h7-10,13,16-19H,3-6,11-12H2,1-2H3. The van der Waals surface area contributed by atoms with Gasteiger partial charge in [-0.25, -0.2) is 0 Å². The lowest BCUT2D eigenvalue weighted by Gasteiger charge is -2.28. The first-order chi connectivity index (χ1) is 9.78. The SMILES string of the molecule is CCNC(c1ccc(OC2CC2)cc1)C1CCCC1C. The molecule has 2 heteroatoms. The van der Waals surface area contributed by atoms with Crippen LogP contribution in [-0.4, -0.2) is 12.6 Å². The molecule has 0 aromatic heterocycles. The quantitative estimate of drug-likeness (QED) is 0.833. The second kappa shape index (κ2) is 6.17. The maximum absolute atomic E-state index is 5.85. The van der Waals surface area contributed by atoms with Crippen LogP contribution in [0.1, 0.15) is 57.6 Å². The first kappa shape index (κ1) is 13.9. The van der Waals surface area contributed by atoms with Crippen LogP contribution >= 0.6 is 0 Å². The minimum absolute atomic E-state index is 0.486. The number of ether oxygens (including phenoxy) is 1. The van der Waals surface area contributed by atoms with E-state index in [1.54, 1.807) is 0 Å². The number of nitrogens with one attached hydrogen (secondary N) is 1. The summed E-state index contributed by atoms with van der Waals surface area (Å²) in [7, 11) is 0. The largest absolute Gasteiger partial charge is 0.490 e. The zero-order chi connectivity index (χ0) is 13.9. The molecule has 3 unspecified atom stereocenters. The molecule has 110 valence electrons. The summed E-state index contributed by atoms with van der Waals surface area (Å²) >= 11 is 0. The number of rotatable bonds is 6. The Hall–Kier alpha value is -1.02. The van der Waals surface area contributed by atoms with Gasteiger partial charge < -0.3 is 10.1 Å². The molecule has 3 rings (SSSR count). The van der Waals surface area contributed by atoms with Crippen LogP contribution in [0.2, 0.25) is 0 Å². The number of hydrogen-bond donors (Lipinski definition) is 1. The van der Waals surface area contributed by atoms with E-state index in [-0.39, 0.29) is 0 Å². The molecule has 2 saturated carbocycles. The summed E-state index contributed by atoms with van der Waals surface area (Å²) in [5.74, 6) is 2.65. The van der Waals surface area contributed by atoms with Crippen molar-refractivity contribution < 1.29 is 4.74 Å². The molecule has 3 atom stereocenters. The van der Waals surface area contributed by atoms with Crippen LogP contribution in [0, 0.1) is 11.8 Å².